The van der Waals surface area contributed by atoms with Gasteiger partial charge in [0.25, 0.3) is 0 Å². The first-order valence-electron chi connectivity index (χ1n) is 15.2. The minimum atomic E-state index is -4.75. The van der Waals surface area contributed by atoms with Crippen LogP contribution in [0.4, 0.5) is 24.8 Å². The van der Waals surface area contributed by atoms with Crippen molar-refractivity contribution in [3.63, 3.8) is 0 Å². The van der Waals surface area contributed by atoms with E-state index in [9.17, 15) is 23.1 Å². The standard InChI is InChI=1S/C31H39F3N4O5/c1-29(2)18-38(23-7-6-20(16-22(23)29)42-15-10-19-8-13-41-14-9-19)28-35-17-21(25(36-28)31(32,33)34)24-26(43-24)37-30(27(39)40)11-4-3-5-12-30/h6-7,16-17,19,24,26,37H,3-5,8-15,18H2,1-2H3,(H,39,40). The fourth-order valence-electron chi connectivity index (χ4n) is 6.76. The number of anilines is 2. The zero-order valence-corrected chi connectivity index (χ0v) is 24.6. The van der Waals surface area contributed by atoms with Crippen LogP contribution < -0.4 is 15.0 Å². The van der Waals surface area contributed by atoms with Gasteiger partial charge < -0.3 is 24.2 Å². The van der Waals surface area contributed by atoms with Crippen LogP contribution in [0.2, 0.25) is 0 Å². The van der Waals surface area contributed by atoms with Crippen LogP contribution in [0.25, 0.3) is 0 Å². The number of hydrogen-bond donors (Lipinski definition) is 2. The minimum Gasteiger partial charge on any atom is -0.494 e. The summed E-state index contributed by atoms with van der Waals surface area (Å²) in [6.45, 7) is 6.66. The number of carbonyl (C=O) groups is 1. The Labute approximate surface area is 249 Å². The largest absolute Gasteiger partial charge is 0.494 e. The number of carboxylic acids is 1. The predicted molar refractivity (Wildman–Crippen MR) is 151 cm³/mol. The first-order valence-corrected chi connectivity index (χ1v) is 15.2. The summed E-state index contributed by atoms with van der Waals surface area (Å²) >= 11 is 0. The highest BCUT2D eigenvalue weighted by molar-refractivity contribution is 5.79. The molecule has 1 aromatic carbocycles. The molecule has 4 heterocycles. The number of hydrogen-bond acceptors (Lipinski definition) is 8. The lowest BCUT2D eigenvalue weighted by Gasteiger charge is -2.33. The molecule has 2 atom stereocenters. The van der Waals surface area contributed by atoms with E-state index >= 15 is 0 Å². The Morgan fingerprint density at radius 1 is 1.19 bits per heavy atom. The number of nitrogens with zero attached hydrogens (tertiary/aromatic N) is 3. The third kappa shape index (κ3) is 6.19. The van der Waals surface area contributed by atoms with E-state index in [4.69, 9.17) is 14.2 Å². The summed E-state index contributed by atoms with van der Waals surface area (Å²) in [7, 11) is 0. The van der Waals surface area contributed by atoms with Gasteiger partial charge in [-0.25, -0.2) is 9.97 Å². The van der Waals surface area contributed by atoms with Crippen molar-refractivity contribution >= 4 is 17.6 Å². The Hall–Kier alpha value is -2.96. The maximum absolute atomic E-state index is 14.3. The molecule has 0 spiro atoms. The van der Waals surface area contributed by atoms with E-state index in [0.29, 0.717) is 31.9 Å². The Kier molecular flexibility index (Phi) is 8.06. The quantitative estimate of drug-likeness (QED) is 0.339. The Morgan fingerprint density at radius 3 is 2.63 bits per heavy atom. The van der Waals surface area contributed by atoms with Gasteiger partial charge in [-0.05, 0) is 61.8 Å². The summed E-state index contributed by atoms with van der Waals surface area (Å²) in [5, 5.41) is 12.9. The zero-order valence-electron chi connectivity index (χ0n) is 24.6. The second-order valence-electron chi connectivity index (χ2n) is 12.9. The lowest BCUT2D eigenvalue weighted by atomic mass is 9.81. The lowest BCUT2D eigenvalue weighted by Crippen LogP contribution is -2.54. The molecule has 9 nitrogen and oxygen atoms in total. The number of ether oxygens (including phenoxy) is 3. The molecule has 43 heavy (non-hydrogen) atoms. The summed E-state index contributed by atoms with van der Waals surface area (Å²) in [5.74, 6) is 0.271. The first kappa shape index (κ1) is 30.1. The Balaban J connectivity index is 1.20. The zero-order chi connectivity index (χ0) is 30.4. The van der Waals surface area contributed by atoms with E-state index in [1.165, 1.54) is 6.20 Å². The Bertz CT molecular complexity index is 1340. The number of rotatable bonds is 9. The van der Waals surface area contributed by atoms with E-state index < -0.39 is 35.7 Å². The monoisotopic (exact) mass is 604 g/mol. The third-order valence-corrected chi connectivity index (χ3v) is 9.32. The van der Waals surface area contributed by atoms with E-state index in [-0.39, 0.29) is 16.9 Å². The topological polar surface area (TPSA) is 109 Å². The van der Waals surface area contributed by atoms with E-state index in [2.05, 4.69) is 15.3 Å². The smallest absolute Gasteiger partial charge is 0.433 e. The van der Waals surface area contributed by atoms with Gasteiger partial charge >= 0.3 is 12.1 Å². The molecule has 2 aromatic rings. The molecule has 234 valence electrons. The van der Waals surface area contributed by atoms with Crippen molar-refractivity contribution in [1.29, 1.82) is 0 Å². The fourth-order valence-corrected chi connectivity index (χ4v) is 6.76. The molecule has 1 aliphatic carbocycles. The highest BCUT2D eigenvalue weighted by atomic mass is 19.4. The minimum absolute atomic E-state index is 0.0458. The van der Waals surface area contributed by atoms with E-state index in [1.54, 1.807) is 4.90 Å². The van der Waals surface area contributed by atoms with Crippen molar-refractivity contribution in [2.24, 2.45) is 5.92 Å². The fraction of sp³-hybridized carbons (Fsp3) is 0.645. The molecular weight excluding hydrogens is 565 g/mol. The number of nitrogens with one attached hydrogen (secondary N) is 1. The molecule has 6 rings (SSSR count). The highest BCUT2D eigenvalue weighted by Crippen LogP contribution is 2.48. The predicted octanol–water partition coefficient (Wildman–Crippen LogP) is 5.89. The molecule has 1 aromatic heterocycles. The average molecular weight is 605 g/mol. The number of epoxide rings is 1. The van der Waals surface area contributed by atoms with Gasteiger partial charge in [0, 0.05) is 42.6 Å². The molecule has 0 bridgehead atoms. The van der Waals surface area contributed by atoms with Gasteiger partial charge in [-0.1, -0.05) is 33.1 Å². The van der Waals surface area contributed by atoms with Gasteiger partial charge in [0.2, 0.25) is 5.95 Å². The second kappa shape index (κ2) is 11.5. The number of alkyl halides is 3. The SMILES string of the molecule is CC1(C)CN(c2ncc(C3OC3NC3(C(=O)O)CCCCC3)c(C(F)(F)F)n2)c2ccc(OCCC3CCOCC3)cc21. The van der Waals surface area contributed by atoms with Crippen molar-refractivity contribution in [3.05, 3.63) is 41.2 Å². The molecule has 2 N–H and O–H groups in total. The van der Waals surface area contributed by atoms with Crippen LogP contribution in [0.5, 0.6) is 5.75 Å². The highest BCUT2D eigenvalue weighted by Gasteiger charge is 2.53. The molecule has 0 radical (unpaired) electrons. The van der Waals surface area contributed by atoms with Crippen molar-refractivity contribution < 1.29 is 37.3 Å². The van der Waals surface area contributed by atoms with Crippen LogP contribution >= 0.6 is 0 Å². The van der Waals surface area contributed by atoms with Crippen molar-refractivity contribution in [3.8, 4) is 5.75 Å². The van der Waals surface area contributed by atoms with Gasteiger partial charge in [-0.15, -0.1) is 0 Å². The van der Waals surface area contributed by atoms with Crippen LogP contribution in [0.1, 0.15) is 88.1 Å². The molecule has 2 saturated heterocycles. The molecule has 4 aliphatic rings. The van der Waals surface area contributed by atoms with Crippen LogP contribution in [0.3, 0.4) is 0 Å². The number of halogens is 3. The number of benzene rings is 1. The van der Waals surface area contributed by atoms with Gasteiger partial charge in [0.05, 0.1) is 6.61 Å². The van der Waals surface area contributed by atoms with Gasteiger partial charge in [0.1, 0.15) is 23.6 Å². The number of fused-ring (bicyclic) bond motifs is 1. The maximum atomic E-state index is 14.3. The van der Waals surface area contributed by atoms with Crippen molar-refractivity contribution in [1.82, 2.24) is 15.3 Å². The van der Waals surface area contributed by atoms with Gasteiger partial charge in [0.15, 0.2) is 5.69 Å². The molecular formula is C31H39F3N4O5. The normalized spacial score (nSPS) is 24.9. The van der Waals surface area contributed by atoms with Crippen molar-refractivity contribution in [2.45, 2.75) is 94.7 Å². The molecule has 0 amide bonds. The molecule has 3 aliphatic heterocycles. The average Bonchev–Trinajstić information content (AvgIpc) is 3.68. The second-order valence-corrected chi connectivity index (χ2v) is 12.9. The van der Waals surface area contributed by atoms with Crippen LogP contribution in [0, 0.1) is 5.92 Å². The molecule has 3 fully saturated rings. The van der Waals surface area contributed by atoms with E-state index in [1.807, 2.05) is 32.0 Å². The maximum Gasteiger partial charge on any atom is 0.433 e. The summed E-state index contributed by atoms with van der Waals surface area (Å²) in [4.78, 5) is 22.2. The van der Waals surface area contributed by atoms with Crippen LogP contribution in [-0.4, -0.2) is 59.2 Å². The Morgan fingerprint density at radius 2 is 1.93 bits per heavy atom. The van der Waals surface area contributed by atoms with Crippen LogP contribution in [0.15, 0.2) is 24.4 Å². The summed E-state index contributed by atoms with van der Waals surface area (Å²) < 4.78 is 60.1. The lowest BCUT2D eigenvalue weighted by molar-refractivity contribution is -0.147. The summed E-state index contributed by atoms with van der Waals surface area (Å²) in [6, 6.07) is 5.67. The third-order valence-electron chi connectivity index (χ3n) is 9.32. The molecule has 2 unspecified atom stereocenters. The van der Waals surface area contributed by atoms with Crippen LogP contribution in [-0.2, 0) is 25.9 Å². The van der Waals surface area contributed by atoms with E-state index in [0.717, 1.165) is 68.7 Å². The molecule has 1 saturated carbocycles. The summed E-state index contributed by atoms with van der Waals surface area (Å²) in [5.41, 5.74) is -1.15. The van der Waals surface area contributed by atoms with Crippen molar-refractivity contribution in [2.75, 3.05) is 31.3 Å². The first-order chi connectivity index (χ1) is 20.5. The number of carboxylic acid groups (broad SMARTS) is 1. The summed E-state index contributed by atoms with van der Waals surface area (Å²) in [6.07, 6.45) is 0.849. The number of aromatic nitrogens is 2. The number of aliphatic carboxylic acids is 1. The molecule has 12 heteroatoms. The van der Waals surface area contributed by atoms with Gasteiger partial charge in [-0.3, -0.25) is 10.1 Å². The van der Waals surface area contributed by atoms with Gasteiger partial charge in [-0.2, -0.15) is 13.2 Å².